The number of nitrogens with one attached hydrogen (secondary N) is 1. The van der Waals surface area contributed by atoms with Gasteiger partial charge in [0.2, 0.25) is 5.91 Å². The molecule has 3 rings (SSSR count). The Bertz CT molecular complexity index is 724. The number of nitrogens with zero attached hydrogens (tertiary/aromatic N) is 1. The van der Waals surface area contributed by atoms with Crippen molar-refractivity contribution in [2.24, 2.45) is 5.92 Å². The van der Waals surface area contributed by atoms with Crippen LogP contribution in [-0.2, 0) is 19.4 Å². The van der Waals surface area contributed by atoms with Crippen molar-refractivity contribution in [1.82, 2.24) is 10.2 Å². The maximum atomic E-state index is 13.0. The SMILES string of the molecule is CC1CCCCC1OCCNC(=O)C(c1ccccc1)N1CCS(=O)(=O)CC1. The summed E-state index contributed by atoms with van der Waals surface area (Å²) in [6, 6.07) is 9.11. The average molecular weight is 409 g/mol. The summed E-state index contributed by atoms with van der Waals surface area (Å²) in [7, 11) is -2.99. The molecule has 1 saturated carbocycles. The molecule has 7 heteroatoms. The van der Waals surface area contributed by atoms with Gasteiger partial charge >= 0.3 is 0 Å². The molecule has 0 aromatic heterocycles. The van der Waals surface area contributed by atoms with E-state index in [0.29, 0.717) is 38.3 Å². The first kappa shape index (κ1) is 21.3. The normalized spacial score (nSPS) is 26.5. The third-order valence-corrected chi connectivity index (χ3v) is 7.48. The van der Waals surface area contributed by atoms with Crippen molar-refractivity contribution in [2.75, 3.05) is 37.7 Å². The molecule has 1 aliphatic carbocycles. The van der Waals surface area contributed by atoms with E-state index in [0.717, 1.165) is 12.0 Å². The van der Waals surface area contributed by atoms with Gasteiger partial charge in [-0.15, -0.1) is 0 Å². The minimum Gasteiger partial charge on any atom is -0.376 e. The number of sulfone groups is 1. The molecule has 6 nitrogen and oxygen atoms in total. The van der Waals surface area contributed by atoms with Gasteiger partial charge in [-0.1, -0.05) is 50.1 Å². The molecule has 0 radical (unpaired) electrons. The fraction of sp³-hybridized carbons (Fsp3) is 0.667. The van der Waals surface area contributed by atoms with Crippen LogP contribution < -0.4 is 5.32 Å². The molecular weight excluding hydrogens is 376 g/mol. The molecule has 1 aromatic carbocycles. The standard InChI is InChI=1S/C21H32N2O4S/c1-17-7-5-6-10-19(17)27-14-11-22-21(24)20(18-8-3-2-4-9-18)23-12-15-28(25,26)16-13-23/h2-4,8-9,17,19-20H,5-7,10-16H2,1H3,(H,22,24). The molecule has 3 unspecified atom stereocenters. The van der Waals surface area contributed by atoms with Crippen molar-refractivity contribution in [1.29, 1.82) is 0 Å². The van der Waals surface area contributed by atoms with Gasteiger partial charge in [-0.2, -0.15) is 0 Å². The van der Waals surface area contributed by atoms with Crippen LogP contribution in [0.3, 0.4) is 0 Å². The van der Waals surface area contributed by atoms with Crippen LogP contribution in [0, 0.1) is 5.92 Å². The van der Waals surface area contributed by atoms with Crippen LogP contribution in [0.25, 0.3) is 0 Å². The minimum atomic E-state index is -2.99. The van der Waals surface area contributed by atoms with Crippen molar-refractivity contribution >= 4 is 15.7 Å². The summed E-state index contributed by atoms with van der Waals surface area (Å²) in [6.45, 7) is 3.98. The number of hydrogen-bond donors (Lipinski definition) is 1. The number of benzene rings is 1. The Hall–Kier alpha value is -1.44. The predicted octanol–water partition coefficient (Wildman–Crippen LogP) is 2.17. The van der Waals surface area contributed by atoms with Crippen molar-refractivity contribution in [2.45, 2.75) is 44.8 Å². The highest BCUT2D eigenvalue weighted by Crippen LogP contribution is 2.26. The molecule has 1 aliphatic heterocycles. The van der Waals surface area contributed by atoms with Gasteiger partial charge in [0.1, 0.15) is 6.04 Å². The highest BCUT2D eigenvalue weighted by atomic mass is 32.2. The summed E-state index contributed by atoms with van der Waals surface area (Å²) < 4.78 is 29.5. The number of carbonyl (C=O) groups is 1. The first-order valence-electron chi connectivity index (χ1n) is 10.3. The van der Waals surface area contributed by atoms with Crippen molar-refractivity contribution in [3.8, 4) is 0 Å². The van der Waals surface area contributed by atoms with E-state index < -0.39 is 15.9 Å². The molecule has 3 atom stereocenters. The van der Waals surface area contributed by atoms with Crippen LogP contribution in [0.15, 0.2) is 30.3 Å². The minimum absolute atomic E-state index is 0.0919. The average Bonchev–Trinajstić information content (AvgIpc) is 2.69. The Morgan fingerprint density at radius 1 is 1.18 bits per heavy atom. The Morgan fingerprint density at radius 3 is 2.54 bits per heavy atom. The van der Waals surface area contributed by atoms with Gasteiger partial charge in [0.05, 0.1) is 24.2 Å². The second kappa shape index (κ2) is 9.85. The highest BCUT2D eigenvalue weighted by Gasteiger charge is 2.32. The van der Waals surface area contributed by atoms with Crippen LogP contribution in [0.4, 0.5) is 0 Å². The summed E-state index contributed by atoms with van der Waals surface area (Å²) in [5, 5.41) is 3.00. The topological polar surface area (TPSA) is 75.7 Å². The third kappa shape index (κ3) is 5.78. The molecular formula is C21H32N2O4S. The van der Waals surface area contributed by atoms with E-state index in [1.807, 2.05) is 35.2 Å². The third-order valence-electron chi connectivity index (χ3n) is 5.87. The summed E-state index contributed by atoms with van der Waals surface area (Å²) in [4.78, 5) is 14.9. The van der Waals surface area contributed by atoms with E-state index in [2.05, 4.69) is 12.2 Å². The number of rotatable bonds is 7. The van der Waals surface area contributed by atoms with Gasteiger partial charge < -0.3 is 10.1 Å². The molecule has 1 saturated heterocycles. The first-order valence-corrected chi connectivity index (χ1v) is 12.2. The number of ether oxygens (including phenoxy) is 1. The lowest BCUT2D eigenvalue weighted by Gasteiger charge is -2.34. The molecule has 0 bridgehead atoms. The zero-order valence-electron chi connectivity index (χ0n) is 16.7. The van der Waals surface area contributed by atoms with Crippen molar-refractivity contribution in [3.63, 3.8) is 0 Å². The molecule has 0 spiro atoms. The van der Waals surface area contributed by atoms with E-state index in [-0.39, 0.29) is 17.4 Å². The predicted molar refractivity (Wildman–Crippen MR) is 110 cm³/mol. The summed E-state index contributed by atoms with van der Waals surface area (Å²) in [6.07, 6.45) is 5.11. The van der Waals surface area contributed by atoms with Crippen LogP contribution in [0.5, 0.6) is 0 Å². The molecule has 156 valence electrons. The highest BCUT2D eigenvalue weighted by molar-refractivity contribution is 7.91. The molecule has 1 N–H and O–H groups in total. The fourth-order valence-corrected chi connectivity index (χ4v) is 5.39. The molecule has 1 aromatic rings. The van der Waals surface area contributed by atoms with Gasteiger partial charge in [0.15, 0.2) is 9.84 Å². The van der Waals surface area contributed by atoms with E-state index in [1.54, 1.807) is 0 Å². The zero-order valence-corrected chi connectivity index (χ0v) is 17.5. The Morgan fingerprint density at radius 2 is 1.86 bits per heavy atom. The van der Waals surface area contributed by atoms with E-state index in [9.17, 15) is 13.2 Å². The maximum Gasteiger partial charge on any atom is 0.242 e. The fourth-order valence-electron chi connectivity index (χ4n) is 4.16. The molecule has 2 fully saturated rings. The monoisotopic (exact) mass is 408 g/mol. The second-order valence-corrected chi connectivity index (χ2v) is 10.3. The Kier molecular flexibility index (Phi) is 7.48. The smallest absolute Gasteiger partial charge is 0.242 e. The van der Waals surface area contributed by atoms with Crippen LogP contribution in [0.1, 0.15) is 44.2 Å². The Labute approximate surface area is 168 Å². The molecule has 1 amide bonds. The summed E-state index contributed by atoms with van der Waals surface area (Å²) in [5.74, 6) is 0.695. The largest absolute Gasteiger partial charge is 0.376 e. The van der Waals surface area contributed by atoms with Crippen LogP contribution >= 0.6 is 0 Å². The van der Waals surface area contributed by atoms with Crippen molar-refractivity contribution < 1.29 is 17.9 Å². The lowest BCUT2D eigenvalue weighted by molar-refractivity contribution is -0.127. The van der Waals surface area contributed by atoms with E-state index in [4.69, 9.17) is 4.74 Å². The number of carbonyl (C=O) groups excluding carboxylic acids is 1. The second-order valence-electron chi connectivity index (χ2n) is 7.96. The summed E-state index contributed by atoms with van der Waals surface area (Å²) >= 11 is 0. The first-order chi connectivity index (χ1) is 13.5. The van der Waals surface area contributed by atoms with Gasteiger partial charge in [0, 0.05) is 19.6 Å². The number of amides is 1. The van der Waals surface area contributed by atoms with Crippen molar-refractivity contribution in [3.05, 3.63) is 35.9 Å². The van der Waals surface area contributed by atoms with E-state index >= 15 is 0 Å². The lowest BCUT2D eigenvalue weighted by Crippen LogP contribution is -2.48. The quantitative estimate of drug-likeness (QED) is 0.700. The van der Waals surface area contributed by atoms with Gasteiger partial charge in [-0.05, 0) is 24.3 Å². The van der Waals surface area contributed by atoms with Gasteiger partial charge in [0.25, 0.3) is 0 Å². The molecule has 2 aliphatic rings. The van der Waals surface area contributed by atoms with Crippen LogP contribution in [0.2, 0.25) is 0 Å². The maximum absolute atomic E-state index is 13.0. The lowest BCUT2D eigenvalue weighted by atomic mass is 9.88. The zero-order chi connectivity index (χ0) is 20.0. The number of hydrogen-bond acceptors (Lipinski definition) is 5. The summed E-state index contributed by atoms with van der Waals surface area (Å²) in [5.41, 5.74) is 0.890. The molecule has 28 heavy (non-hydrogen) atoms. The van der Waals surface area contributed by atoms with Gasteiger partial charge in [-0.3, -0.25) is 9.69 Å². The van der Waals surface area contributed by atoms with E-state index in [1.165, 1.54) is 19.3 Å². The van der Waals surface area contributed by atoms with Crippen LogP contribution in [-0.4, -0.2) is 63.1 Å². The molecule has 1 heterocycles. The Balaban J connectivity index is 1.56. The van der Waals surface area contributed by atoms with Gasteiger partial charge in [-0.25, -0.2) is 8.42 Å².